The summed E-state index contributed by atoms with van der Waals surface area (Å²) in [4.78, 5) is 27.5. The number of hydrogen-bond acceptors (Lipinski definition) is 4. The molecule has 0 saturated heterocycles. The first-order valence-corrected chi connectivity index (χ1v) is 4.99. The van der Waals surface area contributed by atoms with Gasteiger partial charge in [0.15, 0.2) is 6.17 Å². The van der Waals surface area contributed by atoms with Gasteiger partial charge in [0, 0.05) is 5.92 Å². The fraction of sp³-hybridized carbons (Fsp3) is 0.800. The Morgan fingerprint density at radius 2 is 1.79 bits per heavy atom. The molecule has 2 rings (SSSR count). The lowest BCUT2D eigenvalue weighted by molar-refractivity contribution is 0.287. The van der Waals surface area contributed by atoms with Gasteiger partial charge >= 0.3 is 0 Å². The third-order valence-corrected chi connectivity index (χ3v) is 3.55. The second-order valence-electron chi connectivity index (χ2n) is 4.19. The average molecular weight is 192 g/mol. The SMILES string of the molecule is O=C=NC(N=C=O)C1CC2CCC1C2. The molecule has 2 aliphatic carbocycles. The number of rotatable bonds is 3. The lowest BCUT2D eigenvalue weighted by atomic mass is 9.87. The van der Waals surface area contributed by atoms with Gasteiger partial charge in [-0.25, -0.2) is 9.59 Å². The molecule has 2 bridgehead atoms. The van der Waals surface area contributed by atoms with Gasteiger partial charge in [0.05, 0.1) is 0 Å². The Hall–Kier alpha value is -1.24. The van der Waals surface area contributed by atoms with Crippen molar-refractivity contribution in [2.24, 2.45) is 27.7 Å². The number of aliphatic imine (C=N–C) groups is 2. The van der Waals surface area contributed by atoms with Gasteiger partial charge in [-0.15, -0.1) is 0 Å². The molecule has 3 unspecified atom stereocenters. The fourth-order valence-corrected chi connectivity index (χ4v) is 2.99. The Bertz CT molecular complexity index is 298. The highest BCUT2D eigenvalue weighted by Gasteiger charge is 2.43. The molecular formula is C10H12N2O2. The minimum atomic E-state index is -0.514. The number of fused-ring (bicyclic) bond motifs is 2. The standard InChI is InChI=1S/C10H12N2O2/c13-5-11-10(12-6-14)9-4-7-1-2-8(9)3-7/h7-10H,1-4H2. The van der Waals surface area contributed by atoms with Gasteiger partial charge < -0.3 is 0 Å². The largest absolute Gasteiger partial charge is 0.237 e. The molecule has 0 N–H and O–H groups in total. The molecule has 2 fully saturated rings. The summed E-state index contributed by atoms with van der Waals surface area (Å²) in [7, 11) is 0. The Kier molecular flexibility index (Phi) is 2.58. The molecular weight excluding hydrogens is 180 g/mol. The summed E-state index contributed by atoms with van der Waals surface area (Å²) >= 11 is 0. The first kappa shape index (κ1) is 9.32. The highest BCUT2D eigenvalue weighted by Crippen LogP contribution is 2.50. The quantitative estimate of drug-likeness (QED) is 0.501. The third kappa shape index (κ3) is 1.54. The van der Waals surface area contributed by atoms with Crippen LogP contribution in [0.25, 0.3) is 0 Å². The molecule has 0 radical (unpaired) electrons. The second-order valence-corrected chi connectivity index (χ2v) is 4.19. The third-order valence-electron chi connectivity index (χ3n) is 3.55. The van der Waals surface area contributed by atoms with Crippen LogP contribution in [-0.2, 0) is 9.59 Å². The van der Waals surface area contributed by atoms with Crippen LogP contribution in [0.1, 0.15) is 25.7 Å². The number of carbonyl (C=O) groups excluding carboxylic acids is 2. The normalized spacial score (nSPS) is 35.9. The molecule has 2 aliphatic rings. The van der Waals surface area contributed by atoms with E-state index in [2.05, 4.69) is 9.98 Å². The Balaban J connectivity index is 2.12. The number of isocyanates is 2. The van der Waals surface area contributed by atoms with E-state index in [1.807, 2.05) is 0 Å². The minimum Gasteiger partial charge on any atom is -0.211 e. The van der Waals surface area contributed by atoms with Gasteiger partial charge in [0.25, 0.3) is 0 Å². The van der Waals surface area contributed by atoms with Gasteiger partial charge in [0.2, 0.25) is 12.2 Å². The van der Waals surface area contributed by atoms with Gasteiger partial charge in [0.1, 0.15) is 0 Å². The lowest BCUT2D eigenvalue weighted by Crippen LogP contribution is -2.22. The van der Waals surface area contributed by atoms with Gasteiger partial charge in [-0.2, -0.15) is 9.98 Å². The van der Waals surface area contributed by atoms with Crippen LogP contribution in [-0.4, -0.2) is 18.3 Å². The van der Waals surface area contributed by atoms with Crippen LogP contribution < -0.4 is 0 Å². The summed E-state index contributed by atoms with van der Waals surface area (Å²) in [5, 5.41) is 0. The zero-order valence-electron chi connectivity index (χ0n) is 7.85. The van der Waals surface area contributed by atoms with Crippen LogP contribution in [0.5, 0.6) is 0 Å². The molecule has 4 heteroatoms. The van der Waals surface area contributed by atoms with Crippen LogP contribution in [0.3, 0.4) is 0 Å². The fourth-order valence-electron chi connectivity index (χ4n) is 2.99. The molecule has 2 saturated carbocycles. The van der Waals surface area contributed by atoms with Crippen molar-refractivity contribution in [3.05, 3.63) is 0 Å². The summed E-state index contributed by atoms with van der Waals surface area (Å²) in [5.74, 6) is 1.63. The van der Waals surface area contributed by atoms with Crippen LogP contribution in [0.15, 0.2) is 9.98 Å². The van der Waals surface area contributed by atoms with Crippen molar-refractivity contribution in [2.45, 2.75) is 31.8 Å². The molecule has 14 heavy (non-hydrogen) atoms. The van der Waals surface area contributed by atoms with Crippen molar-refractivity contribution in [1.29, 1.82) is 0 Å². The molecule has 0 amide bonds. The molecule has 0 aromatic rings. The predicted molar refractivity (Wildman–Crippen MR) is 49.0 cm³/mol. The van der Waals surface area contributed by atoms with Crippen LogP contribution >= 0.6 is 0 Å². The molecule has 74 valence electrons. The number of hydrogen-bond donors (Lipinski definition) is 0. The van der Waals surface area contributed by atoms with E-state index in [9.17, 15) is 9.59 Å². The van der Waals surface area contributed by atoms with Crippen molar-refractivity contribution < 1.29 is 9.59 Å². The van der Waals surface area contributed by atoms with Gasteiger partial charge in [-0.1, -0.05) is 6.42 Å². The zero-order valence-corrected chi connectivity index (χ0v) is 7.85. The van der Waals surface area contributed by atoms with Crippen molar-refractivity contribution in [3.8, 4) is 0 Å². The van der Waals surface area contributed by atoms with E-state index < -0.39 is 6.17 Å². The molecule has 0 heterocycles. The second kappa shape index (κ2) is 3.87. The Morgan fingerprint density at radius 3 is 2.21 bits per heavy atom. The Labute approximate surface area is 82.1 Å². The maximum atomic E-state index is 10.2. The molecule has 3 atom stereocenters. The van der Waals surface area contributed by atoms with E-state index in [0.29, 0.717) is 5.92 Å². The molecule has 0 aromatic heterocycles. The van der Waals surface area contributed by atoms with E-state index in [4.69, 9.17) is 0 Å². The number of nitrogens with zero attached hydrogens (tertiary/aromatic N) is 2. The molecule has 0 aromatic carbocycles. The van der Waals surface area contributed by atoms with Crippen LogP contribution in [0.4, 0.5) is 0 Å². The van der Waals surface area contributed by atoms with Crippen molar-refractivity contribution in [2.75, 3.05) is 0 Å². The lowest BCUT2D eigenvalue weighted by Gasteiger charge is -2.22. The summed E-state index contributed by atoms with van der Waals surface area (Å²) in [6.07, 6.45) is 7.20. The molecule has 4 nitrogen and oxygen atoms in total. The zero-order chi connectivity index (χ0) is 9.97. The highest BCUT2D eigenvalue weighted by atomic mass is 16.1. The van der Waals surface area contributed by atoms with Gasteiger partial charge in [-0.05, 0) is 31.1 Å². The smallest absolute Gasteiger partial charge is 0.211 e. The Morgan fingerprint density at radius 1 is 1.07 bits per heavy atom. The van der Waals surface area contributed by atoms with Crippen LogP contribution in [0.2, 0.25) is 0 Å². The summed E-state index contributed by atoms with van der Waals surface area (Å²) in [6, 6.07) is 0. The average Bonchev–Trinajstić information content (AvgIpc) is 2.78. The van der Waals surface area contributed by atoms with Crippen molar-refractivity contribution in [1.82, 2.24) is 0 Å². The minimum absolute atomic E-state index is 0.275. The van der Waals surface area contributed by atoms with Crippen molar-refractivity contribution in [3.63, 3.8) is 0 Å². The van der Waals surface area contributed by atoms with E-state index in [-0.39, 0.29) is 5.92 Å². The van der Waals surface area contributed by atoms with E-state index in [0.717, 1.165) is 12.3 Å². The van der Waals surface area contributed by atoms with E-state index in [1.54, 1.807) is 0 Å². The maximum Gasteiger partial charge on any atom is 0.237 e. The summed E-state index contributed by atoms with van der Waals surface area (Å²) < 4.78 is 0. The van der Waals surface area contributed by atoms with E-state index >= 15 is 0 Å². The maximum absolute atomic E-state index is 10.2. The molecule has 0 aliphatic heterocycles. The van der Waals surface area contributed by atoms with Crippen LogP contribution in [0, 0.1) is 17.8 Å². The predicted octanol–water partition coefficient (Wildman–Crippen LogP) is 1.42. The highest BCUT2D eigenvalue weighted by molar-refractivity contribution is 5.37. The molecule has 0 spiro atoms. The van der Waals surface area contributed by atoms with E-state index in [1.165, 1.54) is 31.4 Å². The first-order valence-electron chi connectivity index (χ1n) is 4.99. The summed E-state index contributed by atoms with van der Waals surface area (Å²) in [6.45, 7) is 0. The summed E-state index contributed by atoms with van der Waals surface area (Å²) in [5.41, 5.74) is 0. The topological polar surface area (TPSA) is 58.9 Å². The monoisotopic (exact) mass is 192 g/mol. The van der Waals surface area contributed by atoms with Crippen molar-refractivity contribution >= 4 is 12.2 Å². The first-order chi connectivity index (χ1) is 6.85. The van der Waals surface area contributed by atoms with Gasteiger partial charge in [-0.3, -0.25) is 0 Å².